The third-order valence-electron chi connectivity index (χ3n) is 2.22. The van der Waals surface area contributed by atoms with Gasteiger partial charge in [0.1, 0.15) is 0 Å². The van der Waals surface area contributed by atoms with Crippen LogP contribution in [0.4, 0.5) is 0 Å². The largest absolute Gasteiger partial charge is 0.316 e. The maximum absolute atomic E-state index is 9.59. The van der Waals surface area contributed by atoms with Crippen LogP contribution >= 0.6 is 0 Å². The molecule has 3 heteroatoms. The minimum absolute atomic E-state index is 0. The SMILES string of the molecule is CC1(C)[CH-]CC(C)(C)N1O.[Y]. The summed E-state index contributed by atoms with van der Waals surface area (Å²) in [6, 6.07) is 0. The van der Waals surface area contributed by atoms with Gasteiger partial charge in [0.05, 0.1) is 0 Å². The molecule has 1 heterocycles. The molecule has 0 aliphatic carbocycles. The fourth-order valence-corrected chi connectivity index (χ4v) is 1.45. The van der Waals surface area contributed by atoms with Crippen LogP contribution in [0.2, 0.25) is 0 Å². The summed E-state index contributed by atoms with van der Waals surface area (Å²) < 4.78 is 0. The van der Waals surface area contributed by atoms with Crippen LogP contribution in [0.15, 0.2) is 0 Å². The Labute approximate surface area is 94.2 Å². The molecule has 0 atom stereocenters. The van der Waals surface area contributed by atoms with E-state index >= 15 is 0 Å². The third kappa shape index (κ3) is 2.24. The molecule has 1 rings (SSSR count). The zero-order chi connectivity index (χ0) is 7.99. The Bertz CT molecular complexity index is 129. The maximum Gasteiger partial charge on any atom is 0.0113 e. The van der Waals surface area contributed by atoms with Gasteiger partial charge in [0.2, 0.25) is 0 Å². The summed E-state index contributed by atoms with van der Waals surface area (Å²) in [5.41, 5.74) is -0.229. The van der Waals surface area contributed by atoms with Crippen molar-refractivity contribution in [2.24, 2.45) is 0 Å². The minimum Gasteiger partial charge on any atom is -0.316 e. The van der Waals surface area contributed by atoms with E-state index in [0.29, 0.717) is 0 Å². The summed E-state index contributed by atoms with van der Waals surface area (Å²) in [5, 5.41) is 11.0. The Morgan fingerprint density at radius 1 is 1.27 bits per heavy atom. The first kappa shape index (κ1) is 12.0. The van der Waals surface area contributed by atoms with E-state index in [-0.39, 0.29) is 43.8 Å². The maximum atomic E-state index is 9.59. The number of nitrogens with zero attached hydrogens (tertiary/aromatic N) is 1. The van der Waals surface area contributed by atoms with Crippen LogP contribution in [0.5, 0.6) is 0 Å². The third-order valence-corrected chi connectivity index (χ3v) is 2.22. The predicted octanol–water partition coefficient (Wildman–Crippen LogP) is 1.84. The molecule has 0 bridgehead atoms. The van der Waals surface area contributed by atoms with Gasteiger partial charge in [0.25, 0.3) is 0 Å². The van der Waals surface area contributed by atoms with Crippen molar-refractivity contribution >= 4 is 0 Å². The molecule has 0 aromatic rings. The Balaban J connectivity index is 0.000001000. The Morgan fingerprint density at radius 2 is 1.73 bits per heavy atom. The van der Waals surface area contributed by atoms with Crippen molar-refractivity contribution in [3.63, 3.8) is 0 Å². The van der Waals surface area contributed by atoms with Crippen molar-refractivity contribution < 1.29 is 37.9 Å². The molecule has 1 N–H and O–H groups in total. The summed E-state index contributed by atoms with van der Waals surface area (Å²) in [6.45, 7) is 8.11. The van der Waals surface area contributed by atoms with E-state index in [1.165, 1.54) is 5.06 Å². The quantitative estimate of drug-likeness (QED) is 0.643. The number of hydrogen-bond donors (Lipinski definition) is 1. The summed E-state index contributed by atoms with van der Waals surface area (Å²) in [4.78, 5) is 0. The molecule has 0 unspecified atom stereocenters. The van der Waals surface area contributed by atoms with Gasteiger partial charge in [-0.25, -0.2) is 5.06 Å². The molecule has 1 radical (unpaired) electrons. The standard InChI is InChI=1S/C8H16NO.Y/c1-7(2)5-6-8(3,4)9(7)10;/h5,10H,6H2,1-4H3;/q-1;. The van der Waals surface area contributed by atoms with E-state index in [1.54, 1.807) is 0 Å². The Hall–Kier alpha value is 1.02. The first-order valence-electron chi connectivity index (χ1n) is 3.70. The number of rotatable bonds is 0. The molecular formula is C8H16NOY-. The van der Waals surface area contributed by atoms with Gasteiger partial charge in [-0.15, -0.1) is 0 Å². The molecule has 1 fully saturated rings. The summed E-state index contributed by atoms with van der Waals surface area (Å²) in [7, 11) is 0. The van der Waals surface area contributed by atoms with Crippen LogP contribution in [-0.4, -0.2) is 21.3 Å². The molecule has 1 aliphatic heterocycles. The van der Waals surface area contributed by atoms with Crippen molar-refractivity contribution in [3.05, 3.63) is 6.42 Å². The smallest absolute Gasteiger partial charge is 0.0113 e. The Morgan fingerprint density at radius 3 is 1.82 bits per heavy atom. The minimum atomic E-state index is -0.149. The van der Waals surface area contributed by atoms with Gasteiger partial charge in [0, 0.05) is 38.2 Å². The number of hydrogen-bond acceptors (Lipinski definition) is 2. The van der Waals surface area contributed by atoms with E-state index < -0.39 is 0 Å². The first-order valence-corrected chi connectivity index (χ1v) is 3.70. The fraction of sp³-hybridized carbons (Fsp3) is 0.875. The van der Waals surface area contributed by atoms with Gasteiger partial charge in [-0.1, -0.05) is 19.4 Å². The molecule has 0 aromatic heterocycles. The van der Waals surface area contributed by atoms with E-state index in [4.69, 9.17) is 0 Å². The van der Waals surface area contributed by atoms with Gasteiger partial charge in [-0.3, -0.25) is 0 Å². The second-order valence-corrected chi connectivity index (χ2v) is 4.19. The van der Waals surface area contributed by atoms with Crippen LogP contribution in [-0.2, 0) is 32.7 Å². The van der Waals surface area contributed by atoms with E-state index in [9.17, 15) is 5.21 Å². The van der Waals surface area contributed by atoms with E-state index in [0.717, 1.165) is 6.42 Å². The van der Waals surface area contributed by atoms with Crippen LogP contribution in [0.25, 0.3) is 0 Å². The van der Waals surface area contributed by atoms with Crippen LogP contribution < -0.4 is 0 Å². The second-order valence-electron chi connectivity index (χ2n) is 4.19. The molecule has 0 aromatic carbocycles. The molecular weight excluding hydrogens is 215 g/mol. The average Bonchev–Trinajstić information content (AvgIpc) is 1.95. The Kier molecular flexibility index (Phi) is 3.73. The van der Waals surface area contributed by atoms with Crippen molar-refractivity contribution in [2.75, 3.05) is 0 Å². The van der Waals surface area contributed by atoms with Crippen molar-refractivity contribution in [2.45, 2.75) is 45.2 Å². The molecule has 0 spiro atoms. The van der Waals surface area contributed by atoms with Crippen molar-refractivity contribution in [1.29, 1.82) is 0 Å². The zero-order valence-corrected chi connectivity index (χ0v) is 10.6. The normalized spacial score (nSPS) is 28.1. The zero-order valence-electron chi connectivity index (χ0n) is 7.76. The molecule has 63 valence electrons. The average molecular weight is 231 g/mol. The second kappa shape index (κ2) is 3.41. The molecule has 1 saturated heterocycles. The topological polar surface area (TPSA) is 23.5 Å². The predicted molar refractivity (Wildman–Crippen MR) is 40.7 cm³/mol. The van der Waals surface area contributed by atoms with Gasteiger partial charge in [-0.05, 0) is 13.8 Å². The van der Waals surface area contributed by atoms with Gasteiger partial charge in [-0.2, -0.15) is 6.42 Å². The van der Waals surface area contributed by atoms with Crippen LogP contribution in [0, 0.1) is 6.42 Å². The summed E-state index contributed by atoms with van der Waals surface area (Å²) in [6.07, 6.45) is 3.10. The molecule has 2 nitrogen and oxygen atoms in total. The van der Waals surface area contributed by atoms with Gasteiger partial charge >= 0.3 is 0 Å². The van der Waals surface area contributed by atoms with Gasteiger partial charge < -0.3 is 11.6 Å². The summed E-state index contributed by atoms with van der Waals surface area (Å²) >= 11 is 0. The molecule has 0 amide bonds. The monoisotopic (exact) mass is 231 g/mol. The van der Waals surface area contributed by atoms with Crippen molar-refractivity contribution in [3.8, 4) is 0 Å². The van der Waals surface area contributed by atoms with Crippen LogP contribution in [0.3, 0.4) is 0 Å². The van der Waals surface area contributed by atoms with Crippen LogP contribution in [0.1, 0.15) is 34.1 Å². The van der Waals surface area contributed by atoms with E-state index in [2.05, 4.69) is 6.42 Å². The summed E-state index contributed by atoms with van der Waals surface area (Å²) in [5.74, 6) is 0. The van der Waals surface area contributed by atoms with Gasteiger partial charge in [0.15, 0.2) is 0 Å². The first-order chi connectivity index (χ1) is 4.36. The number of hydroxylamine groups is 2. The molecule has 1 aliphatic rings. The molecule has 11 heavy (non-hydrogen) atoms. The fourth-order valence-electron chi connectivity index (χ4n) is 1.45. The molecule has 0 saturated carbocycles. The van der Waals surface area contributed by atoms with Crippen molar-refractivity contribution in [1.82, 2.24) is 5.06 Å². The van der Waals surface area contributed by atoms with E-state index in [1.807, 2.05) is 27.7 Å².